The maximum atomic E-state index is 12.9. The smallest absolute Gasteiger partial charge is 0.320 e. The Kier molecular flexibility index (Phi) is 7.88. The summed E-state index contributed by atoms with van der Waals surface area (Å²) in [6, 6.07) is 12.2. The number of urea groups is 1. The molecule has 2 saturated heterocycles. The minimum absolute atomic E-state index is 0.0817. The molecule has 13 nitrogen and oxygen atoms in total. The third kappa shape index (κ3) is 5.46. The molecule has 1 spiro atoms. The van der Waals surface area contributed by atoms with Crippen LogP contribution >= 0.6 is 0 Å². The lowest BCUT2D eigenvalue weighted by Gasteiger charge is -2.61. The average Bonchev–Trinajstić information content (AvgIpc) is 3.44. The fourth-order valence-corrected chi connectivity index (χ4v) is 6.72. The summed E-state index contributed by atoms with van der Waals surface area (Å²) in [6.07, 6.45) is 3.21. The molecular weight excluding hydrogens is 542 g/mol. The molecule has 3 aromatic rings. The van der Waals surface area contributed by atoms with Crippen molar-refractivity contribution in [1.29, 1.82) is 0 Å². The van der Waals surface area contributed by atoms with Crippen molar-refractivity contribution in [2.75, 3.05) is 65.4 Å². The monoisotopic (exact) mass is 580 g/mol. The summed E-state index contributed by atoms with van der Waals surface area (Å²) in [5.74, 6) is 1.50. The maximum absolute atomic E-state index is 12.9. The van der Waals surface area contributed by atoms with Crippen molar-refractivity contribution >= 4 is 34.9 Å². The van der Waals surface area contributed by atoms with Crippen LogP contribution in [-0.2, 0) is 20.8 Å². The van der Waals surface area contributed by atoms with Crippen molar-refractivity contribution in [2.24, 2.45) is 11.3 Å². The van der Waals surface area contributed by atoms with E-state index in [4.69, 9.17) is 18.9 Å². The van der Waals surface area contributed by atoms with Gasteiger partial charge < -0.3 is 29.9 Å². The van der Waals surface area contributed by atoms with Gasteiger partial charge in [-0.05, 0) is 60.2 Å². The zero-order valence-electron chi connectivity index (χ0n) is 24.0. The molecule has 0 radical (unpaired) electrons. The Morgan fingerprint density at radius 1 is 1.12 bits per heavy atom. The number of likely N-dealkylation sites (N-methyl/N-ethyl adjacent to an activating group) is 1. The van der Waals surface area contributed by atoms with E-state index in [2.05, 4.69) is 33.1 Å². The first-order valence-corrected chi connectivity index (χ1v) is 14.3. The minimum atomic E-state index is -0.332. The second-order valence-electron chi connectivity index (χ2n) is 11.8. The highest BCUT2D eigenvalue weighted by Crippen LogP contribution is 2.53. The lowest BCUT2D eigenvalue weighted by molar-refractivity contribution is -0.829. The van der Waals surface area contributed by atoms with E-state index in [1.807, 2.05) is 41.1 Å². The Morgan fingerprint density at radius 3 is 2.64 bits per heavy atom. The van der Waals surface area contributed by atoms with Crippen LogP contribution in [-0.4, -0.2) is 98.3 Å². The Balaban J connectivity index is 0.940. The van der Waals surface area contributed by atoms with Crippen LogP contribution in [0.25, 0.3) is 11.0 Å². The molecule has 0 atom stereocenters. The lowest BCUT2D eigenvalue weighted by atomic mass is 9.56. The number of para-hydroxylation sites is 1. The van der Waals surface area contributed by atoms with E-state index in [1.54, 1.807) is 12.6 Å². The fraction of sp³-hybridized carbons (Fsp3) is 0.517. The Labute approximate surface area is 243 Å². The van der Waals surface area contributed by atoms with Crippen molar-refractivity contribution < 1.29 is 34.0 Å². The number of nitrogens with zero attached hydrogens (tertiary/aromatic N) is 4. The van der Waals surface area contributed by atoms with Crippen LogP contribution in [0.3, 0.4) is 0 Å². The number of rotatable bonds is 13. The molecule has 2 aromatic carbocycles. The first kappa shape index (κ1) is 28.2. The maximum Gasteiger partial charge on any atom is 0.320 e. The van der Waals surface area contributed by atoms with Gasteiger partial charge >= 0.3 is 6.03 Å². The normalized spacial score (nSPS) is 18.7. The van der Waals surface area contributed by atoms with Crippen LogP contribution in [0.4, 0.5) is 16.2 Å². The molecule has 2 amide bonds. The van der Waals surface area contributed by atoms with Crippen molar-refractivity contribution in [3.05, 3.63) is 42.0 Å². The van der Waals surface area contributed by atoms with Crippen LogP contribution in [0, 0.1) is 11.3 Å². The van der Waals surface area contributed by atoms with E-state index >= 15 is 0 Å². The highest BCUT2D eigenvalue weighted by molar-refractivity contribution is 5.93. The largest absolute Gasteiger partial charge is 0.491 e. The molecule has 1 saturated carbocycles. The van der Waals surface area contributed by atoms with Crippen LogP contribution < -0.4 is 20.9 Å². The second-order valence-corrected chi connectivity index (χ2v) is 11.8. The number of carbonyl (C=O) groups excluding carboxylic acids is 2. The van der Waals surface area contributed by atoms with Gasteiger partial charge in [0, 0.05) is 44.2 Å². The van der Waals surface area contributed by atoms with Crippen LogP contribution in [0.2, 0.25) is 0 Å². The van der Waals surface area contributed by atoms with Gasteiger partial charge in [0.25, 0.3) is 6.47 Å². The number of hydrogen-bond acceptors (Lipinski definition) is 10. The number of amides is 2. The molecule has 4 N–H and O–H groups in total. The third-order valence-corrected chi connectivity index (χ3v) is 8.83. The number of likely N-dealkylation sites (tertiary alicyclic amines) is 2. The molecule has 3 fully saturated rings. The molecule has 2 aliphatic heterocycles. The van der Waals surface area contributed by atoms with E-state index in [1.165, 1.54) is 5.56 Å². The number of quaternary nitrogens is 1. The van der Waals surface area contributed by atoms with Gasteiger partial charge in [0.15, 0.2) is 11.2 Å². The molecule has 42 heavy (non-hydrogen) atoms. The van der Waals surface area contributed by atoms with E-state index in [-0.39, 0.29) is 23.6 Å². The highest BCUT2D eigenvalue weighted by atomic mass is 16.6. The number of anilines is 1. The minimum Gasteiger partial charge on any atom is -0.491 e. The van der Waals surface area contributed by atoms with E-state index < -0.39 is 0 Å². The Hall–Kier alpha value is -3.94. The van der Waals surface area contributed by atoms with Gasteiger partial charge in [-0.1, -0.05) is 18.2 Å². The first-order valence-electron chi connectivity index (χ1n) is 14.3. The van der Waals surface area contributed by atoms with E-state index in [0.29, 0.717) is 49.7 Å². The summed E-state index contributed by atoms with van der Waals surface area (Å²) in [5.41, 5.74) is 5.67. The number of nitrogens with one attached hydrogen (secondary N) is 2. The van der Waals surface area contributed by atoms with Gasteiger partial charge in [0.05, 0.1) is 18.3 Å². The standard InChI is InChI=1S/C29H37N7O6/c1-30-29(18-40-19-37)16-36(17-29)27(38)35-14-28(15-35)12-20(13-28)11-21-5-3-4-6-24(21)41-10-9-31-22-7-8-23(32-39-2)26-25(22)33-42-34-26/h3-8,19-20,30-32H,9-18H2,1-2H3/p+1. The van der Waals surface area contributed by atoms with Crippen LogP contribution in [0.1, 0.15) is 18.4 Å². The summed E-state index contributed by atoms with van der Waals surface area (Å²) in [4.78, 5) is 32.4. The molecule has 0 unspecified atom stereocenters. The van der Waals surface area contributed by atoms with E-state index in [9.17, 15) is 9.59 Å². The molecule has 6 rings (SSSR count). The third-order valence-electron chi connectivity index (χ3n) is 8.83. The highest BCUT2D eigenvalue weighted by Gasteiger charge is 2.55. The molecule has 224 valence electrons. The van der Waals surface area contributed by atoms with Gasteiger partial charge in [0.2, 0.25) is 5.52 Å². The number of ether oxygens (including phenoxy) is 2. The zero-order valence-corrected chi connectivity index (χ0v) is 24.0. The molecular formula is C29H38N7O6+. The summed E-state index contributed by atoms with van der Waals surface area (Å²) in [7, 11) is 3.42. The quantitative estimate of drug-likeness (QED) is 0.117. The summed E-state index contributed by atoms with van der Waals surface area (Å²) in [5, 5.41) is 14.6. The predicted molar refractivity (Wildman–Crippen MR) is 152 cm³/mol. The molecule has 3 heterocycles. The molecule has 1 aliphatic carbocycles. The van der Waals surface area contributed by atoms with Gasteiger partial charge in [-0.25, -0.2) is 14.3 Å². The Bertz CT molecular complexity index is 1410. The topological polar surface area (TPSA) is 148 Å². The van der Waals surface area contributed by atoms with Crippen molar-refractivity contribution in [3.8, 4) is 5.75 Å². The fourth-order valence-electron chi connectivity index (χ4n) is 6.72. The number of hydrogen-bond donors (Lipinski definition) is 3. The van der Waals surface area contributed by atoms with Crippen molar-refractivity contribution in [3.63, 3.8) is 0 Å². The molecule has 13 heteroatoms. The molecule has 0 bridgehead atoms. The molecule has 1 aromatic heterocycles. The Morgan fingerprint density at radius 2 is 1.88 bits per heavy atom. The number of benzene rings is 2. The van der Waals surface area contributed by atoms with Crippen molar-refractivity contribution in [2.45, 2.75) is 24.8 Å². The second kappa shape index (κ2) is 11.7. The number of aromatic nitrogens is 2. The summed E-state index contributed by atoms with van der Waals surface area (Å²) >= 11 is 0. The SMILES string of the molecule is CNC1(COC=O)CN(C(=O)N2CC3(CC(Cc4ccccc4OCCNc4ccc([NH2+]OC)c5nonc45)C3)C2)C1. The predicted octanol–water partition coefficient (Wildman–Crippen LogP) is 1.29. The number of carbonyl (C=O) groups is 2. The van der Waals surface area contributed by atoms with Gasteiger partial charge in [-0.2, -0.15) is 5.48 Å². The number of fused-ring (bicyclic) bond motifs is 1. The van der Waals surface area contributed by atoms with Crippen LogP contribution in [0.15, 0.2) is 41.0 Å². The van der Waals surface area contributed by atoms with E-state index in [0.717, 1.165) is 49.5 Å². The van der Waals surface area contributed by atoms with Crippen molar-refractivity contribution in [1.82, 2.24) is 25.4 Å². The number of nitrogens with two attached hydrogens (primary N) is 1. The first-order chi connectivity index (χ1) is 20.5. The average molecular weight is 581 g/mol. The van der Waals surface area contributed by atoms with Crippen LogP contribution in [0.5, 0.6) is 5.75 Å². The lowest BCUT2D eigenvalue weighted by Crippen LogP contribution is -2.76. The summed E-state index contributed by atoms with van der Waals surface area (Å²) < 4.78 is 16.1. The van der Waals surface area contributed by atoms with Gasteiger partial charge in [-0.15, -0.1) is 0 Å². The molecule has 3 aliphatic rings. The van der Waals surface area contributed by atoms with Gasteiger partial charge in [-0.3, -0.25) is 4.79 Å². The summed E-state index contributed by atoms with van der Waals surface area (Å²) in [6.45, 7) is 4.56. The zero-order chi connectivity index (χ0) is 29.2. The van der Waals surface area contributed by atoms with Gasteiger partial charge in [0.1, 0.15) is 19.0 Å².